The van der Waals surface area contributed by atoms with Crippen LogP contribution in [-0.4, -0.2) is 26.0 Å². The van der Waals surface area contributed by atoms with E-state index in [2.05, 4.69) is 10.6 Å². The summed E-state index contributed by atoms with van der Waals surface area (Å²) in [5.74, 6) is 0.619. The van der Waals surface area contributed by atoms with Gasteiger partial charge in [0, 0.05) is 13.1 Å². The van der Waals surface area contributed by atoms with E-state index < -0.39 is 0 Å². The van der Waals surface area contributed by atoms with Crippen LogP contribution in [0.5, 0.6) is 11.5 Å². The van der Waals surface area contributed by atoms with Gasteiger partial charge in [0.2, 0.25) is 11.8 Å². The third kappa shape index (κ3) is 4.78. The molecule has 2 atom stereocenters. The van der Waals surface area contributed by atoms with Crippen LogP contribution in [0.3, 0.4) is 0 Å². The van der Waals surface area contributed by atoms with Gasteiger partial charge in [-0.05, 0) is 29.7 Å². The maximum atomic E-state index is 12.3. The first-order valence-corrected chi connectivity index (χ1v) is 8.92. The Morgan fingerprint density at radius 2 is 1.44 bits per heavy atom. The highest BCUT2D eigenvalue weighted by atomic mass is 16.5. The molecule has 0 heterocycles. The molecule has 2 unspecified atom stereocenters. The highest BCUT2D eigenvalue weighted by Crippen LogP contribution is 2.39. The lowest BCUT2D eigenvalue weighted by molar-refractivity contribution is -0.127. The minimum atomic E-state index is -0.249. The number of hydrogen-bond acceptors (Lipinski definition) is 4. The molecule has 3 rings (SSSR count). The lowest BCUT2D eigenvalue weighted by Gasteiger charge is -2.10. The van der Waals surface area contributed by atoms with Gasteiger partial charge in [-0.25, -0.2) is 0 Å². The summed E-state index contributed by atoms with van der Waals surface area (Å²) in [7, 11) is 3.15. The van der Waals surface area contributed by atoms with Gasteiger partial charge in [0.25, 0.3) is 0 Å². The molecule has 1 aliphatic rings. The first kappa shape index (κ1) is 18.8. The summed E-state index contributed by atoms with van der Waals surface area (Å²) in [5.41, 5.74) is 1.95. The number of methoxy groups -OCH3 is 2. The second-order valence-electron chi connectivity index (χ2n) is 6.56. The Morgan fingerprint density at radius 3 is 2.04 bits per heavy atom. The van der Waals surface area contributed by atoms with Crippen molar-refractivity contribution in [3.63, 3.8) is 0 Å². The Labute approximate surface area is 158 Å². The molecule has 0 aromatic heterocycles. The molecule has 0 bridgehead atoms. The molecule has 0 radical (unpaired) electrons. The summed E-state index contributed by atoms with van der Waals surface area (Å²) in [6, 6.07) is 15.2. The van der Waals surface area contributed by atoms with Crippen molar-refractivity contribution >= 4 is 11.8 Å². The van der Waals surface area contributed by atoms with E-state index in [4.69, 9.17) is 9.47 Å². The predicted molar refractivity (Wildman–Crippen MR) is 101 cm³/mol. The standard InChI is InChI=1S/C21H24N2O4/c1-26-18-9-8-15(10-19(18)27-2)13-23-21(25)17-11-16(17)20(24)22-12-14-6-4-3-5-7-14/h3-10,16-17H,11-13H2,1-2H3,(H,22,24)(H,23,25). The molecule has 2 aromatic rings. The number of ether oxygens (including phenoxy) is 2. The monoisotopic (exact) mass is 368 g/mol. The Hall–Kier alpha value is -3.02. The van der Waals surface area contributed by atoms with E-state index in [9.17, 15) is 9.59 Å². The third-order valence-electron chi connectivity index (χ3n) is 4.69. The number of carbonyl (C=O) groups excluding carboxylic acids is 2. The van der Waals surface area contributed by atoms with Crippen LogP contribution in [-0.2, 0) is 22.7 Å². The topological polar surface area (TPSA) is 76.7 Å². The van der Waals surface area contributed by atoms with Gasteiger partial charge in [-0.3, -0.25) is 9.59 Å². The summed E-state index contributed by atoms with van der Waals surface area (Å²) in [5, 5.41) is 5.79. The Bertz CT molecular complexity index is 807. The van der Waals surface area contributed by atoms with E-state index in [1.54, 1.807) is 20.3 Å². The van der Waals surface area contributed by atoms with E-state index in [1.165, 1.54) is 0 Å². The predicted octanol–water partition coefficient (Wildman–Crippen LogP) is 2.27. The van der Waals surface area contributed by atoms with Crippen LogP contribution in [0, 0.1) is 11.8 Å². The fourth-order valence-corrected chi connectivity index (χ4v) is 3.00. The van der Waals surface area contributed by atoms with Gasteiger partial charge in [-0.15, -0.1) is 0 Å². The zero-order valence-corrected chi connectivity index (χ0v) is 15.5. The minimum Gasteiger partial charge on any atom is -0.493 e. The first-order chi connectivity index (χ1) is 13.1. The van der Waals surface area contributed by atoms with Gasteiger partial charge in [0.05, 0.1) is 26.1 Å². The zero-order valence-electron chi connectivity index (χ0n) is 15.5. The van der Waals surface area contributed by atoms with Gasteiger partial charge in [-0.1, -0.05) is 36.4 Å². The molecule has 142 valence electrons. The number of amides is 2. The molecule has 2 N–H and O–H groups in total. The van der Waals surface area contributed by atoms with Crippen molar-refractivity contribution in [3.8, 4) is 11.5 Å². The minimum absolute atomic E-state index is 0.0647. The van der Waals surface area contributed by atoms with Crippen LogP contribution in [0.2, 0.25) is 0 Å². The number of carbonyl (C=O) groups is 2. The van der Waals surface area contributed by atoms with Gasteiger partial charge >= 0.3 is 0 Å². The molecule has 0 saturated heterocycles. The van der Waals surface area contributed by atoms with Crippen molar-refractivity contribution in [2.75, 3.05) is 14.2 Å². The van der Waals surface area contributed by atoms with E-state index in [0.717, 1.165) is 11.1 Å². The second kappa shape index (κ2) is 8.58. The Balaban J connectivity index is 1.45. The van der Waals surface area contributed by atoms with Crippen molar-refractivity contribution in [2.24, 2.45) is 11.8 Å². The summed E-state index contributed by atoms with van der Waals surface area (Å²) in [6.07, 6.45) is 0.596. The van der Waals surface area contributed by atoms with Gasteiger partial charge < -0.3 is 20.1 Å². The highest BCUT2D eigenvalue weighted by Gasteiger charge is 2.47. The molecule has 1 fully saturated rings. The molecular weight excluding hydrogens is 344 g/mol. The summed E-state index contributed by atoms with van der Waals surface area (Å²) in [6.45, 7) is 0.865. The number of benzene rings is 2. The van der Waals surface area contributed by atoms with Crippen LogP contribution in [0.4, 0.5) is 0 Å². The Morgan fingerprint density at radius 1 is 0.852 bits per heavy atom. The molecular formula is C21H24N2O4. The van der Waals surface area contributed by atoms with E-state index in [-0.39, 0.29) is 23.7 Å². The summed E-state index contributed by atoms with van der Waals surface area (Å²) in [4.78, 5) is 24.5. The smallest absolute Gasteiger partial charge is 0.224 e. The summed E-state index contributed by atoms with van der Waals surface area (Å²) < 4.78 is 10.5. The van der Waals surface area contributed by atoms with E-state index in [1.807, 2.05) is 42.5 Å². The zero-order chi connectivity index (χ0) is 19.2. The number of hydrogen-bond donors (Lipinski definition) is 2. The molecule has 0 spiro atoms. The maximum absolute atomic E-state index is 12.3. The van der Waals surface area contributed by atoms with Crippen molar-refractivity contribution in [1.29, 1.82) is 0 Å². The molecule has 6 nitrogen and oxygen atoms in total. The highest BCUT2D eigenvalue weighted by molar-refractivity contribution is 5.92. The van der Waals surface area contributed by atoms with Crippen LogP contribution in [0.25, 0.3) is 0 Å². The first-order valence-electron chi connectivity index (χ1n) is 8.92. The average molecular weight is 368 g/mol. The fraction of sp³-hybridized carbons (Fsp3) is 0.333. The maximum Gasteiger partial charge on any atom is 0.224 e. The van der Waals surface area contributed by atoms with Crippen molar-refractivity contribution in [1.82, 2.24) is 10.6 Å². The second-order valence-corrected chi connectivity index (χ2v) is 6.56. The molecule has 27 heavy (non-hydrogen) atoms. The third-order valence-corrected chi connectivity index (χ3v) is 4.69. The molecule has 0 aliphatic heterocycles. The molecule has 1 saturated carbocycles. The Kier molecular flexibility index (Phi) is 5.96. The van der Waals surface area contributed by atoms with Crippen molar-refractivity contribution in [2.45, 2.75) is 19.5 Å². The lowest BCUT2D eigenvalue weighted by Crippen LogP contribution is -2.29. The van der Waals surface area contributed by atoms with Gasteiger partial charge in [-0.2, -0.15) is 0 Å². The van der Waals surface area contributed by atoms with Gasteiger partial charge in [0.15, 0.2) is 11.5 Å². The van der Waals surface area contributed by atoms with Crippen LogP contribution < -0.4 is 20.1 Å². The van der Waals surface area contributed by atoms with Crippen molar-refractivity contribution in [3.05, 3.63) is 59.7 Å². The van der Waals surface area contributed by atoms with Crippen molar-refractivity contribution < 1.29 is 19.1 Å². The van der Waals surface area contributed by atoms with Gasteiger partial charge in [0.1, 0.15) is 0 Å². The molecule has 6 heteroatoms. The molecule has 1 aliphatic carbocycles. The number of nitrogens with one attached hydrogen (secondary N) is 2. The SMILES string of the molecule is COc1ccc(CNC(=O)C2CC2C(=O)NCc2ccccc2)cc1OC. The number of rotatable bonds is 8. The lowest BCUT2D eigenvalue weighted by atomic mass is 10.2. The van der Waals surface area contributed by atoms with Crippen LogP contribution in [0.15, 0.2) is 48.5 Å². The van der Waals surface area contributed by atoms with E-state index >= 15 is 0 Å². The van der Waals surface area contributed by atoms with Crippen LogP contribution >= 0.6 is 0 Å². The molecule has 2 aromatic carbocycles. The largest absolute Gasteiger partial charge is 0.493 e. The van der Waals surface area contributed by atoms with E-state index in [0.29, 0.717) is 31.0 Å². The average Bonchev–Trinajstić information content (AvgIpc) is 3.52. The molecule has 2 amide bonds. The fourth-order valence-electron chi connectivity index (χ4n) is 3.00. The quantitative estimate of drug-likeness (QED) is 0.749. The van der Waals surface area contributed by atoms with Crippen LogP contribution in [0.1, 0.15) is 17.5 Å². The summed E-state index contributed by atoms with van der Waals surface area (Å²) >= 11 is 0. The normalized spacial score (nSPS) is 17.7.